The number of carbonyl (C=O) groups is 2. The topological polar surface area (TPSA) is 99.7 Å². The molecule has 2 aromatic rings. The summed E-state index contributed by atoms with van der Waals surface area (Å²) in [5, 5.41) is 6.35. The SMILES string of the molecule is CCOc1cc(N2CCN(C(=O)C3(C(F)(F)F)CC4C=CC3C4)C[C@H]2CC)c(C(=O)N[C@@H]2CCNC2)nc1-c1cccnc1. The molecule has 5 atom stereocenters. The van der Waals surface area contributed by atoms with E-state index in [9.17, 15) is 22.8 Å². The summed E-state index contributed by atoms with van der Waals surface area (Å²) in [6.07, 6.45) is 3.61. The van der Waals surface area contributed by atoms with Crippen molar-refractivity contribution in [2.24, 2.45) is 17.3 Å². The largest absolute Gasteiger partial charge is 0.492 e. The summed E-state index contributed by atoms with van der Waals surface area (Å²) in [5.74, 6) is -1.72. The number of nitrogens with one attached hydrogen (secondary N) is 2. The van der Waals surface area contributed by atoms with Gasteiger partial charge in [-0.1, -0.05) is 19.1 Å². The van der Waals surface area contributed by atoms with Crippen LogP contribution in [0.4, 0.5) is 18.9 Å². The standard InChI is InChI=1S/C32H39F3N6O3/c1-3-24-19-40(30(43)31(32(33,34)35)16-20-7-8-22(31)14-20)12-13-41(24)25-15-26(44-4-2)27(21-6-5-10-36-17-21)39-28(25)29(42)38-23-9-11-37-18-23/h5-8,10,15,17,20,22-24,37H,3-4,9,11-14,16,18-19H2,1-2H3,(H,38,42)/t20?,22?,23-,24-,31?/m1/s1. The van der Waals surface area contributed by atoms with E-state index in [1.54, 1.807) is 30.6 Å². The summed E-state index contributed by atoms with van der Waals surface area (Å²) in [6, 6.07) is 5.07. The van der Waals surface area contributed by atoms with Crippen molar-refractivity contribution in [1.29, 1.82) is 0 Å². The van der Waals surface area contributed by atoms with E-state index in [4.69, 9.17) is 9.72 Å². The molecule has 2 N–H and O–H groups in total. The number of rotatable bonds is 8. The van der Waals surface area contributed by atoms with Crippen LogP contribution in [0.3, 0.4) is 0 Å². The molecule has 44 heavy (non-hydrogen) atoms. The second kappa shape index (κ2) is 12.0. The van der Waals surface area contributed by atoms with Gasteiger partial charge >= 0.3 is 6.18 Å². The number of carbonyl (C=O) groups excluding carboxylic acids is 2. The number of hydrogen-bond donors (Lipinski definition) is 2. The van der Waals surface area contributed by atoms with Gasteiger partial charge in [-0.25, -0.2) is 4.98 Å². The van der Waals surface area contributed by atoms with Crippen LogP contribution in [0.5, 0.6) is 5.75 Å². The third-order valence-electron chi connectivity index (χ3n) is 9.64. The van der Waals surface area contributed by atoms with Gasteiger partial charge in [0.05, 0.1) is 12.3 Å². The summed E-state index contributed by atoms with van der Waals surface area (Å²) in [4.78, 5) is 40.1. The molecular formula is C32H39F3N6O3. The number of allylic oxidation sites excluding steroid dienone is 2. The Bertz CT molecular complexity index is 1410. The first kappa shape index (κ1) is 30.4. The molecule has 4 heterocycles. The molecule has 3 unspecified atom stereocenters. The van der Waals surface area contributed by atoms with Crippen molar-refractivity contribution in [2.75, 3.05) is 44.2 Å². The summed E-state index contributed by atoms with van der Waals surface area (Å²) in [5.41, 5.74) is -0.447. The Labute approximate surface area is 255 Å². The van der Waals surface area contributed by atoms with Gasteiger partial charge in [-0.05, 0) is 57.2 Å². The maximum atomic E-state index is 14.6. The van der Waals surface area contributed by atoms with Gasteiger partial charge in [-0.3, -0.25) is 14.6 Å². The summed E-state index contributed by atoms with van der Waals surface area (Å²) < 4.78 is 49.9. The Balaban J connectivity index is 1.35. The van der Waals surface area contributed by atoms with Gasteiger partial charge in [0.15, 0.2) is 11.1 Å². The van der Waals surface area contributed by atoms with Crippen LogP contribution in [-0.4, -0.2) is 84.3 Å². The number of anilines is 1. The zero-order valence-electron chi connectivity index (χ0n) is 25.1. The quantitative estimate of drug-likeness (QED) is 0.431. The highest BCUT2D eigenvalue weighted by Crippen LogP contribution is 2.60. The lowest BCUT2D eigenvalue weighted by Gasteiger charge is -2.47. The van der Waals surface area contributed by atoms with E-state index in [1.807, 2.05) is 30.9 Å². The fourth-order valence-electron chi connectivity index (χ4n) is 7.42. The van der Waals surface area contributed by atoms with Crippen LogP contribution < -0.4 is 20.3 Å². The van der Waals surface area contributed by atoms with E-state index < -0.39 is 23.4 Å². The number of amides is 2. The van der Waals surface area contributed by atoms with E-state index >= 15 is 0 Å². The molecule has 2 bridgehead atoms. The number of nitrogens with zero attached hydrogens (tertiary/aromatic N) is 4. The van der Waals surface area contributed by atoms with E-state index in [-0.39, 0.29) is 55.7 Å². The summed E-state index contributed by atoms with van der Waals surface area (Å²) in [7, 11) is 0. The number of fused-ring (bicyclic) bond motifs is 2. The lowest BCUT2D eigenvalue weighted by molar-refractivity contribution is -0.235. The lowest BCUT2D eigenvalue weighted by Crippen LogP contribution is -2.61. The molecule has 1 saturated carbocycles. The molecule has 2 saturated heterocycles. The van der Waals surface area contributed by atoms with Crippen LogP contribution in [0.1, 0.15) is 50.0 Å². The predicted molar refractivity (Wildman–Crippen MR) is 159 cm³/mol. The van der Waals surface area contributed by atoms with Crippen molar-refractivity contribution in [3.05, 3.63) is 48.4 Å². The molecule has 2 aromatic heterocycles. The minimum atomic E-state index is -4.63. The first-order valence-electron chi connectivity index (χ1n) is 15.6. The predicted octanol–water partition coefficient (Wildman–Crippen LogP) is 4.21. The third-order valence-corrected chi connectivity index (χ3v) is 9.64. The number of aromatic nitrogens is 2. The van der Waals surface area contributed by atoms with Gasteiger partial charge < -0.3 is 25.2 Å². The monoisotopic (exact) mass is 612 g/mol. The van der Waals surface area contributed by atoms with Gasteiger partial charge in [-0.15, -0.1) is 0 Å². The Morgan fingerprint density at radius 1 is 1.23 bits per heavy atom. The Morgan fingerprint density at radius 2 is 2.07 bits per heavy atom. The molecule has 4 aliphatic rings. The minimum Gasteiger partial charge on any atom is -0.492 e. The van der Waals surface area contributed by atoms with Gasteiger partial charge in [0.25, 0.3) is 5.91 Å². The van der Waals surface area contributed by atoms with Crippen molar-refractivity contribution >= 4 is 17.5 Å². The number of piperazine rings is 1. The Hall–Kier alpha value is -3.67. The van der Waals surface area contributed by atoms with Crippen molar-refractivity contribution < 1.29 is 27.5 Å². The number of halogens is 3. The van der Waals surface area contributed by atoms with Crippen molar-refractivity contribution in [1.82, 2.24) is 25.5 Å². The van der Waals surface area contributed by atoms with Gasteiger partial charge in [0.1, 0.15) is 11.4 Å². The number of alkyl halides is 3. The molecule has 6 rings (SSSR count). The highest BCUT2D eigenvalue weighted by Gasteiger charge is 2.69. The number of hydrogen-bond acceptors (Lipinski definition) is 7. The van der Waals surface area contributed by atoms with Crippen LogP contribution in [0, 0.1) is 17.3 Å². The molecule has 0 spiro atoms. The smallest absolute Gasteiger partial charge is 0.403 e. The number of pyridine rings is 2. The Morgan fingerprint density at radius 3 is 2.68 bits per heavy atom. The fourth-order valence-corrected chi connectivity index (χ4v) is 7.42. The zero-order valence-corrected chi connectivity index (χ0v) is 25.1. The minimum absolute atomic E-state index is 0.0450. The zero-order chi connectivity index (χ0) is 31.1. The average molecular weight is 613 g/mol. The molecule has 12 heteroatoms. The summed E-state index contributed by atoms with van der Waals surface area (Å²) in [6.45, 7) is 6.11. The van der Waals surface area contributed by atoms with Crippen molar-refractivity contribution in [2.45, 2.75) is 57.8 Å². The fraction of sp³-hybridized carbons (Fsp3) is 0.562. The molecule has 236 valence electrons. The lowest BCUT2D eigenvalue weighted by atomic mass is 9.73. The molecule has 0 radical (unpaired) electrons. The van der Waals surface area contributed by atoms with Gasteiger partial charge in [0.2, 0.25) is 5.91 Å². The molecule has 2 aliphatic heterocycles. The molecule has 2 amide bonds. The van der Waals surface area contributed by atoms with E-state index in [0.29, 0.717) is 48.7 Å². The van der Waals surface area contributed by atoms with E-state index in [2.05, 4.69) is 15.6 Å². The van der Waals surface area contributed by atoms with Crippen LogP contribution in [0.25, 0.3) is 11.3 Å². The van der Waals surface area contributed by atoms with Crippen molar-refractivity contribution in [3.8, 4) is 17.0 Å². The van der Waals surface area contributed by atoms with Crippen LogP contribution >= 0.6 is 0 Å². The molecule has 0 aromatic carbocycles. The Kier molecular flexibility index (Phi) is 8.29. The highest BCUT2D eigenvalue weighted by molar-refractivity contribution is 5.99. The molecule has 2 aliphatic carbocycles. The van der Waals surface area contributed by atoms with Crippen LogP contribution in [0.15, 0.2) is 42.7 Å². The second-order valence-corrected chi connectivity index (χ2v) is 12.2. The van der Waals surface area contributed by atoms with E-state index in [0.717, 1.165) is 13.0 Å². The molecule has 3 fully saturated rings. The maximum absolute atomic E-state index is 14.6. The second-order valence-electron chi connectivity index (χ2n) is 12.2. The van der Waals surface area contributed by atoms with Gasteiger partial charge in [-0.2, -0.15) is 13.2 Å². The number of ether oxygens (including phenoxy) is 1. The van der Waals surface area contributed by atoms with Gasteiger partial charge in [0, 0.05) is 68.2 Å². The molecule has 9 nitrogen and oxygen atoms in total. The van der Waals surface area contributed by atoms with Crippen molar-refractivity contribution in [3.63, 3.8) is 0 Å². The first-order chi connectivity index (χ1) is 21.2. The third kappa shape index (κ3) is 5.31. The molecular weight excluding hydrogens is 573 g/mol. The first-order valence-corrected chi connectivity index (χ1v) is 15.6. The van der Waals surface area contributed by atoms with Crippen LogP contribution in [-0.2, 0) is 4.79 Å². The normalized spacial score (nSPS) is 28.0. The maximum Gasteiger partial charge on any atom is 0.403 e. The average Bonchev–Trinajstić information content (AvgIpc) is 3.79. The van der Waals surface area contributed by atoms with Crippen LogP contribution in [0.2, 0.25) is 0 Å². The van der Waals surface area contributed by atoms with E-state index in [1.165, 1.54) is 4.90 Å². The summed E-state index contributed by atoms with van der Waals surface area (Å²) >= 11 is 0. The highest BCUT2D eigenvalue weighted by atomic mass is 19.4.